The Morgan fingerprint density at radius 3 is 2.57 bits per heavy atom. The van der Waals surface area contributed by atoms with Crippen LogP contribution in [0.5, 0.6) is 0 Å². The van der Waals surface area contributed by atoms with Gasteiger partial charge in [-0.15, -0.1) is 0 Å². The van der Waals surface area contributed by atoms with Crippen molar-refractivity contribution in [1.29, 1.82) is 0 Å². The molecule has 1 heterocycles. The van der Waals surface area contributed by atoms with Gasteiger partial charge in [-0.2, -0.15) is 0 Å². The number of pyridine rings is 1. The first kappa shape index (κ1) is 15.2. The van der Waals surface area contributed by atoms with Gasteiger partial charge in [-0.05, 0) is 30.0 Å². The van der Waals surface area contributed by atoms with Gasteiger partial charge in [0.1, 0.15) is 5.41 Å². The van der Waals surface area contributed by atoms with E-state index in [0.717, 1.165) is 17.5 Å². The number of hydrogen-bond donors (Lipinski definition) is 1. The predicted molar refractivity (Wildman–Crippen MR) is 81.7 cm³/mol. The number of benzene rings is 1. The van der Waals surface area contributed by atoms with Crippen LogP contribution >= 0.6 is 0 Å². The van der Waals surface area contributed by atoms with Crippen molar-refractivity contribution in [1.82, 2.24) is 4.98 Å². The molecular formula is C17H20N2O2. The molecular weight excluding hydrogens is 264 g/mol. The molecule has 1 atom stereocenters. The van der Waals surface area contributed by atoms with E-state index in [0.29, 0.717) is 6.42 Å². The van der Waals surface area contributed by atoms with Gasteiger partial charge in [0.05, 0.1) is 7.11 Å². The van der Waals surface area contributed by atoms with Crippen LogP contribution in [0.1, 0.15) is 17.5 Å². The molecule has 0 fully saturated rings. The van der Waals surface area contributed by atoms with E-state index in [1.165, 1.54) is 7.11 Å². The Balaban J connectivity index is 2.30. The van der Waals surface area contributed by atoms with E-state index in [1.807, 2.05) is 48.7 Å². The van der Waals surface area contributed by atoms with Crippen molar-refractivity contribution in [2.75, 3.05) is 13.7 Å². The van der Waals surface area contributed by atoms with Gasteiger partial charge in [0.2, 0.25) is 0 Å². The van der Waals surface area contributed by atoms with Crippen LogP contribution in [0.3, 0.4) is 0 Å². The van der Waals surface area contributed by atoms with E-state index in [-0.39, 0.29) is 12.5 Å². The summed E-state index contributed by atoms with van der Waals surface area (Å²) in [7, 11) is 1.40. The number of aromatic nitrogens is 1. The fourth-order valence-corrected chi connectivity index (χ4v) is 2.52. The molecule has 0 bridgehead atoms. The standard InChI is InChI=1S/C17H20N2O2/c1-21-16(20)17(13-18,15-7-3-2-4-8-15)10-9-14-6-5-11-19-12-14/h2-8,11-12H,9-10,13,18H2,1H3. The van der Waals surface area contributed by atoms with Gasteiger partial charge in [0.15, 0.2) is 0 Å². The smallest absolute Gasteiger partial charge is 0.317 e. The molecule has 4 nitrogen and oxygen atoms in total. The van der Waals surface area contributed by atoms with Crippen molar-refractivity contribution in [2.24, 2.45) is 5.73 Å². The van der Waals surface area contributed by atoms with Crippen molar-refractivity contribution >= 4 is 5.97 Å². The molecule has 0 aliphatic heterocycles. The predicted octanol–water partition coefficient (Wildman–Crippen LogP) is 2.08. The zero-order valence-corrected chi connectivity index (χ0v) is 12.2. The van der Waals surface area contributed by atoms with E-state index in [2.05, 4.69) is 4.98 Å². The van der Waals surface area contributed by atoms with Crippen LogP contribution in [0.15, 0.2) is 54.9 Å². The van der Waals surface area contributed by atoms with Gasteiger partial charge in [-0.1, -0.05) is 36.4 Å². The summed E-state index contributed by atoms with van der Waals surface area (Å²) in [6.45, 7) is 0.212. The van der Waals surface area contributed by atoms with Crippen LogP contribution in [0.2, 0.25) is 0 Å². The Kier molecular flexibility index (Phi) is 5.06. The highest BCUT2D eigenvalue weighted by Gasteiger charge is 2.39. The van der Waals surface area contributed by atoms with E-state index >= 15 is 0 Å². The second-order valence-corrected chi connectivity index (χ2v) is 5.01. The molecule has 2 rings (SSSR count). The molecule has 2 N–H and O–H groups in total. The summed E-state index contributed by atoms with van der Waals surface area (Å²) in [6, 6.07) is 13.5. The van der Waals surface area contributed by atoms with E-state index < -0.39 is 5.41 Å². The van der Waals surface area contributed by atoms with Gasteiger partial charge in [0.25, 0.3) is 0 Å². The third kappa shape index (κ3) is 3.28. The Bertz CT molecular complexity index is 572. The molecule has 1 aromatic carbocycles. The van der Waals surface area contributed by atoms with Crippen LogP contribution < -0.4 is 5.73 Å². The molecule has 4 heteroatoms. The summed E-state index contributed by atoms with van der Waals surface area (Å²) in [5.74, 6) is -0.292. The maximum absolute atomic E-state index is 12.4. The van der Waals surface area contributed by atoms with E-state index in [1.54, 1.807) is 6.20 Å². The Labute approximate surface area is 125 Å². The van der Waals surface area contributed by atoms with Crippen molar-refractivity contribution in [3.63, 3.8) is 0 Å². The largest absolute Gasteiger partial charge is 0.468 e. The highest BCUT2D eigenvalue weighted by molar-refractivity contribution is 5.83. The molecule has 0 aliphatic carbocycles. The zero-order valence-electron chi connectivity index (χ0n) is 12.2. The summed E-state index contributed by atoms with van der Waals surface area (Å²) in [4.78, 5) is 16.5. The maximum Gasteiger partial charge on any atom is 0.317 e. The first-order valence-electron chi connectivity index (χ1n) is 6.96. The van der Waals surface area contributed by atoms with Crippen LogP contribution in [-0.4, -0.2) is 24.6 Å². The number of ether oxygens (including phenoxy) is 1. The minimum absolute atomic E-state index is 0.212. The first-order chi connectivity index (χ1) is 10.2. The van der Waals surface area contributed by atoms with Crippen molar-refractivity contribution in [3.05, 3.63) is 66.0 Å². The summed E-state index contributed by atoms with van der Waals surface area (Å²) in [6.07, 6.45) is 4.85. The SMILES string of the molecule is COC(=O)C(CN)(CCc1cccnc1)c1ccccc1. The average Bonchev–Trinajstić information content (AvgIpc) is 2.57. The summed E-state index contributed by atoms with van der Waals surface area (Å²) >= 11 is 0. The maximum atomic E-state index is 12.4. The normalized spacial score (nSPS) is 13.4. The lowest BCUT2D eigenvalue weighted by molar-refractivity contribution is -0.147. The molecule has 21 heavy (non-hydrogen) atoms. The summed E-state index contributed by atoms with van der Waals surface area (Å²) in [5, 5.41) is 0. The van der Waals surface area contributed by atoms with Gasteiger partial charge >= 0.3 is 5.97 Å². The number of carbonyl (C=O) groups excluding carboxylic acids is 1. The van der Waals surface area contributed by atoms with E-state index in [4.69, 9.17) is 10.5 Å². The minimum atomic E-state index is -0.814. The molecule has 1 unspecified atom stereocenters. The number of hydrogen-bond acceptors (Lipinski definition) is 4. The highest BCUT2D eigenvalue weighted by atomic mass is 16.5. The second-order valence-electron chi connectivity index (χ2n) is 5.01. The fourth-order valence-electron chi connectivity index (χ4n) is 2.52. The molecule has 0 radical (unpaired) electrons. The third-order valence-electron chi connectivity index (χ3n) is 3.81. The lowest BCUT2D eigenvalue weighted by Crippen LogP contribution is -2.44. The van der Waals surface area contributed by atoms with Crippen LogP contribution in [0.4, 0.5) is 0 Å². The number of aryl methyl sites for hydroxylation is 1. The van der Waals surface area contributed by atoms with Gasteiger partial charge in [-0.25, -0.2) is 0 Å². The summed E-state index contributed by atoms with van der Waals surface area (Å²) < 4.78 is 5.01. The van der Waals surface area contributed by atoms with Crippen LogP contribution in [-0.2, 0) is 21.4 Å². The number of methoxy groups -OCH3 is 1. The molecule has 1 aromatic heterocycles. The monoisotopic (exact) mass is 284 g/mol. The zero-order chi connectivity index (χ0) is 15.1. The van der Waals surface area contributed by atoms with Crippen LogP contribution in [0.25, 0.3) is 0 Å². The molecule has 110 valence electrons. The first-order valence-corrected chi connectivity index (χ1v) is 6.96. The average molecular weight is 284 g/mol. The van der Waals surface area contributed by atoms with Gasteiger partial charge in [0, 0.05) is 18.9 Å². The lowest BCUT2D eigenvalue weighted by Gasteiger charge is -2.30. The van der Waals surface area contributed by atoms with Gasteiger partial charge < -0.3 is 10.5 Å². The number of nitrogens with zero attached hydrogens (tertiary/aromatic N) is 1. The number of esters is 1. The molecule has 0 aliphatic rings. The van der Waals surface area contributed by atoms with Gasteiger partial charge in [-0.3, -0.25) is 9.78 Å². The Hall–Kier alpha value is -2.20. The third-order valence-corrected chi connectivity index (χ3v) is 3.81. The molecule has 2 aromatic rings. The summed E-state index contributed by atoms with van der Waals surface area (Å²) in [5.41, 5.74) is 7.12. The number of nitrogens with two attached hydrogens (primary N) is 1. The fraction of sp³-hybridized carbons (Fsp3) is 0.294. The minimum Gasteiger partial charge on any atom is -0.468 e. The highest BCUT2D eigenvalue weighted by Crippen LogP contribution is 2.30. The van der Waals surface area contributed by atoms with Crippen LogP contribution in [0, 0.1) is 0 Å². The molecule has 0 saturated carbocycles. The second kappa shape index (κ2) is 6.99. The van der Waals surface area contributed by atoms with Crippen molar-refractivity contribution < 1.29 is 9.53 Å². The number of rotatable bonds is 6. The lowest BCUT2D eigenvalue weighted by atomic mass is 9.76. The molecule has 0 saturated heterocycles. The quantitative estimate of drug-likeness (QED) is 0.825. The van der Waals surface area contributed by atoms with Crippen molar-refractivity contribution in [3.8, 4) is 0 Å². The topological polar surface area (TPSA) is 65.2 Å². The Morgan fingerprint density at radius 2 is 2.00 bits per heavy atom. The molecule has 0 spiro atoms. The number of carbonyl (C=O) groups is 1. The van der Waals surface area contributed by atoms with Crippen molar-refractivity contribution in [2.45, 2.75) is 18.3 Å². The molecule has 0 amide bonds. The Morgan fingerprint density at radius 1 is 1.24 bits per heavy atom. The van der Waals surface area contributed by atoms with E-state index in [9.17, 15) is 4.79 Å².